The van der Waals surface area contributed by atoms with Crippen LogP contribution in [0.1, 0.15) is 50.8 Å². The molecule has 1 aromatic heterocycles. The van der Waals surface area contributed by atoms with Crippen LogP contribution in [0.15, 0.2) is 48.8 Å². The third kappa shape index (κ3) is 5.46. The predicted molar refractivity (Wildman–Crippen MR) is 132 cm³/mol. The molecule has 2 amide bonds. The lowest BCUT2D eigenvalue weighted by molar-refractivity contribution is -0.128. The first-order valence-corrected chi connectivity index (χ1v) is 12.1. The van der Waals surface area contributed by atoms with E-state index in [1.165, 1.54) is 4.90 Å². The van der Waals surface area contributed by atoms with Crippen molar-refractivity contribution in [3.05, 3.63) is 59.9 Å². The highest BCUT2D eigenvalue weighted by atomic mass is 16.5. The van der Waals surface area contributed by atoms with E-state index in [-0.39, 0.29) is 23.1 Å². The maximum atomic E-state index is 14.0. The molecule has 1 unspecified atom stereocenters. The Kier molecular flexibility index (Phi) is 7.37. The van der Waals surface area contributed by atoms with Gasteiger partial charge in [-0.3, -0.25) is 24.4 Å². The van der Waals surface area contributed by atoms with Crippen LogP contribution in [-0.2, 0) is 19.7 Å². The highest BCUT2D eigenvalue weighted by molar-refractivity contribution is 6.04. The lowest BCUT2D eigenvalue weighted by Crippen LogP contribution is -2.51. The van der Waals surface area contributed by atoms with Crippen LogP contribution in [0.4, 0.5) is 5.69 Å². The standard InChI is InChI=1S/C27H33N5O3/c1-27(2,3)21-8-10-22(11-9-21)32(26(34)23-7-5-13-31(23)18-28)24(20-6-4-12-29-15-20)25(33)30-14-19-16-35-17-19/h4,6,8-12,15,19,23-24H,5,7,13-14,16-17H2,1-3H3,(H,30,33)/t23-,24?/m1/s1. The number of nitrogens with zero attached hydrogens (tertiary/aromatic N) is 4. The molecule has 0 aliphatic carbocycles. The number of carbonyl (C=O) groups is 2. The Morgan fingerprint density at radius 1 is 1.26 bits per heavy atom. The molecule has 0 radical (unpaired) electrons. The molecule has 0 spiro atoms. The number of benzene rings is 1. The Balaban J connectivity index is 1.75. The highest BCUT2D eigenvalue weighted by Crippen LogP contribution is 2.33. The summed E-state index contributed by atoms with van der Waals surface area (Å²) in [4.78, 5) is 35.0. The van der Waals surface area contributed by atoms with E-state index in [1.807, 2.05) is 30.3 Å². The quantitative estimate of drug-likeness (QED) is 0.618. The van der Waals surface area contributed by atoms with Crippen LogP contribution >= 0.6 is 0 Å². The van der Waals surface area contributed by atoms with E-state index in [1.54, 1.807) is 23.4 Å². The number of likely N-dealkylation sites (tertiary alicyclic amines) is 1. The van der Waals surface area contributed by atoms with Crippen molar-refractivity contribution in [2.75, 3.05) is 31.2 Å². The van der Waals surface area contributed by atoms with Gasteiger partial charge in [-0.15, -0.1) is 0 Å². The molecule has 8 heteroatoms. The molecular weight excluding hydrogens is 442 g/mol. The van der Waals surface area contributed by atoms with Crippen molar-refractivity contribution < 1.29 is 14.3 Å². The summed E-state index contributed by atoms with van der Waals surface area (Å²) in [6.07, 6.45) is 6.75. The van der Waals surface area contributed by atoms with Crippen molar-refractivity contribution in [3.63, 3.8) is 0 Å². The molecule has 35 heavy (non-hydrogen) atoms. The number of pyridine rings is 1. The zero-order valence-corrected chi connectivity index (χ0v) is 20.6. The highest BCUT2D eigenvalue weighted by Gasteiger charge is 2.40. The van der Waals surface area contributed by atoms with E-state index in [0.717, 1.165) is 12.0 Å². The van der Waals surface area contributed by atoms with Gasteiger partial charge in [-0.25, -0.2) is 0 Å². The molecule has 2 aliphatic rings. The Bertz CT molecular complexity index is 1070. The summed E-state index contributed by atoms with van der Waals surface area (Å²) in [6.45, 7) is 8.64. The number of ether oxygens (including phenoxy) is 1. The number of nitriles is 1. The second kappa shape index (κ2) is 10.4. The summed E-state index contributed by atoms with van der Waals surface area (Å²) in [5, 5.41) is 12.6. The summed E-state index contributed by atoms with van der Waals surface area (Å²) in [5.74, 6) is -0.268. The SMILES string of the molecule is CC(C)(C)c1ccc(N(C(=O)[C@H]2CCCN2C#N)C(C(=O)NCC2COC2)c2cccnc2)cc1. The number of anilines is 1. The lowest BCUT2D eigenvalue weighted by atomic mass is 9.87. The van der Waals surface area contributed by atoms with E-state index >= 15 is 0 Å². The summed E-state index contributed by atoms with van der Waals surface area (Å²) < 4.78 is 5.24. The van der Waals surface area contributed by atoms with E-state index in [2.05, 4.69) is 37.3 Å². The van der Waals surface area contributed by atoms with Gasteiger partial charge in [0.15, 0.2) is 6.19 Å². The van der Waals surface area contributed by atoms with Crippen LogP contribution in [0, 0.1) is 17.4 Å². The maximum absolute atomic E-state index is 14.0. The summed E-state index contributed by atoms with van der Waals surface area (Å²) in [6, 6.07) is 9.82. The number of aromatic nitrogens is 1. The second-order valence-corrected chi connectivity index (χ2v) is 10.3. The second-order valence-electron chi connectivity index (χ2n) is 10.3. The third-order valence-electron chi connectivity index (χ3n) is 6.69. The molecular formula is C27H33N5O3. The fourth-order valence-electron chi connectivity index (χ4n) is 4.53. The van der Waals surface area contributed by atoms with Gasteiger partial charge in [0, 0.05) is 42.7 Å². The first-order valence-electron chi connectivity index (χ1n) is 12.1. The first kappa shape index (κ1) is 24.7. The van der Waals surface area contributed by atoms with Crippen LogP contribution in [-0.4, -0.2) is 54.0 Å². The van der Waals surface area contributed by atoms with Crippen LogP contribution in [0.25, 0.3) is 0 Å². The van der Waals surface area contributed by atoms with Gasteiger partial charge in [0.25, 0.3) is 5.91 Å². The Labute approximate surface area is 206 Å². The van der Waals surface area contributed by atoms with Crippen molar-refractivity contribution >= 4 is 17.5 Å². The average Bonchev–Trinajstić information content (AvgIpc) is 3.30. The molecule has 3 heterocycles. The molecule has 2 saturated heterocycles. The molecule has 8 nitrogen and oxygen atoms in total. The number of rotatable bonds is 7. The van der Waals surface area contributed by atoms with Gasteiger partial charge < -0.3 is 10.1 Å². The molecule has 1 N–H and O–H groups in total. The van der Waals surface area contributed by atoms with E-state index in [4.69, 9.17) is 4.74 Å². The van der Waals surface area contributed by atoms with Crippen molar-refractivity contribution in [1.82, 2.24) is 15.2 Å². The molecule has 2 aromatic rings. The average molecular weight is 476 g/mol. The van der Waals surface area contributed by atoms with Gasteiger partial charge in [-0.05, 0) is 42.0 Å². The van der Waals surface area contributed by atoms with Gasteiger partial charge in [0.1, 0.15) is 12.1 Å². The minimum atomic E-state index is -0.918. The van der Waals surface area contributed by atoms with Crippen molar-refractivity contribution in [3.8, 4) is 6.19 Å². The monoisotopic (exact) mass is 475 g/mol. The summed E-state index contributed by atoms with van der Waals surface area (Å²) >= 11 is 0. The molecule has 0 bridgehead atoms. The lowest BCUT2D eigenvalue weighted by Gasteiger charge is -2.35. The van der Waals surface area contributed by atoms with Crippen LogP contribution < -0.4 is 10.2 Å². The predicted octanol–water partition coefficient (Wildman–Crippen LogP) is 3.16. The molecule has 2 fully saturated rings. The third-order valence-corrected chi connectivity index (χ3v) is 6.69. The van der Waals surface area contributed by atoms with Crippen molar-refractivity contribution in [2.45, 2.75) is 51.1 Å². The zero-order valence-electron chi connectivity index (χ0n) is 20.6. The summed E-state index contributed by atoms with van der Waals surface area (Å²) in [5.41, 5.74) is 2.30. The number of hydrogen-bond acceptors (Lipinski definition) is 6. The fraction of sp³-hybridized carbons (Fsp3) is 0.481. The van der Waals surface area contributed by atoms with Crippen molar-refractivity contribution in [2.24, 2.45) is 5.92 Å². The minimum Gasteiger partial charge on any atom is -0.381 e. The molecule has 2 atom stereocenters. The maximum Gasteiger partial charge on any atom is 0.251 e. The van der Waals surface area contributed by atoms with Gasteiger partial charge in [0.2, 0.25) is 5.91 Å². The number of amides is 2. The number of nitrogens with one attached hydrogen (secondary N) is 1. The van der Waals surface area contributed by atoms with E-state index in [9.17, 15) is 14.9 Å². The number of carbonyl (C=O) groups excluding carboxylic acids is 2. The Morgan fingerprint density at radius 3 is 2.57 bits per heavy atom. The van der Waals surface area contributed by atoms with E-state index in [0.29, 0.717) is 44.0 Å². The molecule has 1 aromatic carbocycles. The molecule has 0 saturated carbocycles. The molecule has 184 valence electrons. The van der Waals surface area contributed by atoms with Gasteiger partial charge in [-0.2, -0.15) is 5.26 Å². The Hall–Kier alpha value is -3.44. The van der Waals surface area contributed by atoms with Gasteiger partial charge >= 0.3 is 0 Å². The van der Waals surface area contributed by atoms with Gasteiger partial charge in [0.05, 0.1) is 13.2 Å². The molecule has 4 rings (SSSR count). The van der Waals surface area contributed by atoms with Crippen LogP contribution in [0.2, 0.25) is 0 Å². The first-order chi connectivity index (χ1) is 16.8. The zero-order chi connectivity index (χ0) is 25.0. The van der Waals surface area contributed by atoms with Crippen LogP contribution in [0.5, 0.6) is 0 Å². The smallest absolute Gasteiger partial charge is 0.251 e. The number of hydrogen-bond donors (Lipinski definition) is 1. The topological polar surface area (TPSA) is 98.6 Å². The van der Waals surface area contributed by atoms with Gasteiger partial charge in [-0.1, -0.05) is 39.0 Å². The normalized spacial score (nSPS) is 18.9. The van der Waals surface area contributed by atoms with Crippen molar-refractivity contribution in [1.29, 1.82) is 5.26 Å². The largest absolute Gasteiger partial charge is 0.381 e. The minimum absolute atomic E-state index is 0.0542. The summed E-state index contributed by atoms with van der Waals surface area (Å²) in [7, 11) is 0. The fourth-order valence-corrected chi connectivity index (χ4v) is 4.53. The molecule has 2 aliphatic heterocycles. The van der Waals surface area contributed by atoms with E-state index < -0.39 is 12.1 Å². The van der Waals surface area contributed by atoms with Crippen LogP contribution in [0.3, 0.4) is 0 Å². The Morgan fingerprint density at radius 2 is 2.00 bits per heavy atom.